The Morgan fingerprint density at radius 1 is 1.43 bits per heavy atom. The molecular weight excluding hydrogens is 276 g/mol. The zero-order valence-electron chi connectivity index (χ0n) is 12.2. The van der Waals surface area contributed by atoms with E-state index in [9.17, 15) is 19.7 Å². The number of nitro groups is 1. The van der Waals surface area contributed by atoms with Crippen molar-refractivity contribution in [2.75, 3.05) is 7.11 Å². The van der Waals surface area contributed by atoms with Crippen LogP contribution in [-0.2, 0) is 9.53 Å². The van der Waals surface area contributed by atoms with Gasteiger partial charge < -0.3 is 10.1 Å². The highest BCUT2D eigenvalue weighted by molar-refractivity contribution is 5.97. The molecular formula is C14H18N2O5. The van der Waals surface area contributed by atoms with Gasteiger partial charge in [-0.05, 0) is 12.0 Å². The van der Waals surface area contributed by atoms with Crippen molar-refractivity contribution in [3.63, 3.8) is 0 Å². The third-order valence-corrected chi connectivity index (χ3v) is 3.27. The molecule has 0 fully saturated rings. The number of esters is 1. The topological polar surface area (TPSA) is 98.5 Å². The average molecular weight is 294 g/mol. The summed E-state index contributed by atoms with van der Waals surface area (Å²) < 4.78 is 4.67. The molecule has 0 saturated heterocycles. The number of nitrogens with zero attached hydrogens (tertiary/aromatic N) is 1. The Balaban J connectivity index is 2.94. The van der Waals surface area contributed by atoms with Crippen molar-refractivity contribution in [1.29, 1.82) is 0 Å². The van der Waals surface area contributed by atoms with E-state index in [1.165, 1.54) is 31.4 Å². The van der Waals surface area contributed by atoms with Gasteiger partial charge in [0.05, 0.1) is 12.0 Å². The van der Waals surface area contributed by atoms with E-state index in [0.29, 0.717) is 6.42 Å². The summed E-state index contributed by atoms with van der Waals surface area (Å²) in [4.78, 5) is 34.0. The standard InChI is InChI=1S/C14H18N2O5/c1-4-9(2)12(14(18)21-3)15-13(17)10-6-5-7-11(8-10)16(19)20/h5-9,12H,4H2,1-3H3,(H,15,17)/t9-,12-/m0/s1. The molecule has 2 atom stereocenters. The summed E-state index contributed by atoms with van der Waals surface area (Å²) in [5, 5.41) is 13.3. The van der Waals surface area contributed by atoms with Gasteiger partial charge in [0.15, 0.2) is 0 Å². The molecule has 1 N–H and O–H groups in total. The highest BCUT2D eigenvalue weighted by Crippen LogP contribution is 2.15. The van der Waals surface area contributed by atoms with Crippen molar-refractivity contribution in [2.45, 2.75) is 26.3 Å². The highest BCUT2D eigenvalue weighted by Gasteiger charge is 2.27. The molecule has 0 aliphatic rings. The summed E-state index contributed by atoms with van der Waals surface area (Å²) in [6.07, 6.45) is 0.676. The first-order chi connectivity index (χ1) is 9.90. The quantitative estimate of drug-likeness (QED) is 0.491. The summed E-state index contributed by atoms with van der Waals surface area (Å²) in [6.45, 7) is 3.70. The number of benzene rings is 1. The molecule has 0 heterocycles. The number of hydrogen-bond acceptors (Lipinski definition) is 5. The fraction of sp³-hybridized carbons (Fsp3) is 0.429. The SMILES string of the molecule is CC[C@H](C)[C@H](NC(=O)c1cccc([N+](=O)[O-])c1)C(=O)OC. The number of hydrogen-bond donors (Lipinski definition) is 1. The van der Waals surface area contributed by atoms with Crippen LogP contribution in [-0.4, -0.2) is 30.0 Å². The minimum absolute atomic E-state index is 0.111. The lowest BCUT2D eigenvalue weighted by atomic mass is 9.99. The summed E-state index contributed by atoms with van der Waals surface area (Å²) in [7, 11) is 1.25. The largest absolute Gasteiger partial charge is 0.467 e. The van der Waals surface area contributed by atoms with Gasteiger partial charge in [0.25, 0.3) is 11.6 Å². The molecule has 1 rings (SSSR count). The first-order valence-electron chi connectivity index (χ1n) is 6.53. The van der Waals surface area contributed by atoms with Crippen LogP contribution in [0.25, 0.3) is 0 Å². The van der Waals surface area contributed by atoms with E-state index < -0.39 is 22.8 Å². The van der Waals surface area contributed by atoms with Crippen LogP contribution in [0.1, 0.15) is 30.6 Å². The molecule has 0 aromatic heterocycles. The monoisotopic (exact) mass is 294 g/mol. The Morgan fingerprint density at radius 3 is 2.62 bits per heavy atom. The highest BCUT2D eigenvalue weighted by atomic mass is 16.6. The number of amides is 1. The molecule has 7 heteroatoms. The molecule has 1 aromatic rings. The van der Waals surface area contributed by atoms with Crippen LogP contribution in [0, 0.1) is 16.0 Å². The number of nitrogens with one attached hydrogen (secondary N) is 1. The van der Waals surface area contributed by atoms with Crippen molar-refractivity contribution in [3.05, 3.63) is 39.9 Å². The smallest absolute Gasteiger partial charge is 0.328 e. The van der Waals surface area contributed by atoms with E-state index in [0.717, 1.165) is 0 Å². The lowest BCUT2D eigenvalue weighted by Gasteiger charge is -2.21. The third-order valence-electron chi connectivity index (χ3n) is 3.27. The van der Waals surface area contributed by atoms with Gasteiger partial charge in [-0.3, -0.25) is 14.9 Å². The Hall–Kier alpha value is -2.44. The molecule has 0 bridgehead atoms. The first kappa shape index (κ1) is 16.6. The number of rotatable bonds is 6. The van der Waals surface area contributed by atoms with Crippen molar-refractivity contribution in [1.82, 2.24) is 5.32 Å². The Morgan fingerprint density at radius 2 is 2.10 bits per heavy atom. The van der Waals surface area contributed by atoms with Crippen LogP contribution in [0.3, 0.4) is 0 Å². The average Bonchev–Trinajstić information content (AvgIpc) is 2.50. The molecule has 1 aromatic carbocycles. The van der Waals surface area contributed by atoms with Gasteiger partial charge >= 0.3 is 5.97 Å². The fourth-order valence-electron chi connectivity index (χ4n) is 1.78. The second kappa shape index (κ2) is 7.37. The van der Waals surface area contributed by atoms with Gasteiger partial charge in [-0.1, -0.05) is 26.3 Å². The summed E-state index contributed by atoms with van der Waals surface area (Å²) in [5.41, 5.74) is -0.0535. The predicted molar refractivity (Wildman–Crippen MR) is 75.8 cm³/mol. The molecule has 1 amide bonds. The van der Waals surface area contributed by atoms with E-state index in [2.05, 4.69) is 10.1 Å². The van der Waals surface area contributed by atoms with E-state index >= 15 is 0 Å². The number of ether oxygens (including phenoxy) is 1. The van der Waals surface area contributed by atoms with Gasteiger partial charge in [-0.2, -0.15) is 0 Å². The number of non-ortho nitro benzene ring substituents is 1. The molecule has 0 aliphatic carbocycles. The van der Waals surface area contributed by atoms with E-state index in [1.807, 2.05) is 13.8 Å². The van der Waals surface area contributed by atoms with Crippen LogP contribution in [0.5, 0.6) is 0 Å². The molecule has 114 valence electrons. The minimum atomic E-state index is -0.785. The van der Waals surface area contributed by atoms with Crippen molar-refractivity contribution < 1.29 is 19.2 Å². The second-order valence-electron chi connectivity index (χ2n) is 4.67. The van der Waals surface area contributed by atoms with E-state index in [1.54, 1.807) is 0 Å². The number of carbonyl (C=O) groups excluding carboxylic acids is 2. The third kappa shape index (κ3) is 4.27. The molecule has 7 nitrogen and oxygen atoms in total. The number of methoxy groups -OCH3 is 1. The van der Waals surface area contributed by atoms with Crippen LogP contribution in [0.2, 0.25) is 0 Å². The van der Waals surface area contributed by atoms with Crippen LogP contribution >= 0.6 is 0 Å². The van der Waals surface area contributed by atoms with Gasteiger partial charge in [0.1, 0.15) is 6.04 Å². The molecule has 0 aliphatic heterocycles. The Bertz CT molecular complexity index is 544. The van der Waals surface area contributed by atoms with Gasteiger partial charge in [-0.25, -0.2) is 4.79 Å². The minimum Gasteiger partial charge on any atom is -0.467 e. The maximum absolute atomic E-state index is 12.1. The van der Waals surface area contributed by atoms with E-state index in [4.69, 9.17) is 0 Å². The fourth-order valence-corrected chi connectivity index (χ4v) is 1.78. The molecule has 0 unspecified atom stereocenters. The summed E-state index contributed by atoms with van der Waals surface area (Å²) in [6, 6.07) is 4.55. The maximum Gasteiger partial charge on any atom is 0.328 e. The summed E-state index contributed by atoms with van der Waals surface area (Å²) in [5.74, 6) is -1.20. The number of carbonyl (C=O) groups is 2. The Labute approximate surface area is 122 Å². The summed E-state index contributed by atoms with van der Waals surface area (Å²) >= 11 is 0. The van der Waals surface area contributed by atoms with Gasteiger partial charge in [0.2, 0.25) is 0 Å². The van der Waals surface area contributed by atoms with Crippen molar-refractivity contribution in [2.24, 2.45) is 5.92 Å². The lowest BCUT2D eigenvalue weighted by Crippen LogP contribution is -2.45. The zero-order valence-corrected chi connectivity index (χ0v) is 12.2. The van der Waals surface area contributed by atoms with Gasteiger partial charge in [-0.15, -0.1) is 0 Å². The van der Waals surface area contributed by atoms with E-state index in [-0.39, 0.29) is 17.2 Å². The lowest BCUT2D eigenvalue weighted by molar-refractivity contribution is -0.384. The maximum atomic E-state index is 12.1. The number of nitro benzene ring substituents is 1. The van der Waals surface area contributed by atoms with Crippen LogP contribution in [0.15, 0.2) is 24.3 Å². The normalized spacial score (nSPS) is 13.1. The molecule has 21 heavy (non-hydrogen) atoms. The van der Waals surface area contributed by atoms with Crippen LogP contribution in [0.4, 0.5) is 5.69 Å². The van der Waals surface area contributed by atoms with Crippen molar-refractivity contribution >= 4 is 17.6 Å². The zero-order chi connectivity index (χ0) is 16.0. The predicted octanol–water partition coefficient (Wildman–Crippen LogP) is 1.91. The van der Waals surface area contributed by atoms with Gasteiger partial charge in [0, 0.05) is 17.7 Å². The Kier molecular flexibility index (Phi) is 5.83. The second-order valence-corrected chi connectivity index (χ2v) is 4.67. The molecule has 0 saturated carbocycles. The molecule has 0 spiro atoms. The first-order valence-corrected chi connectivity index (χ1v) is 6.53. The van der Waals surface area contributed by atoms with Crippen molar-refractivity contribution in [3.8, 4) is 0 Å². The van der Waals surface area contributed by atoms with Crippen LogP contribution < -0.4 is 5.32 Å². The molecule has 0 radical (unpaired) electrons.